The largest absolute Gasteiger partial charge is 0.478 e. The zero-order valence-corrected chi connectivity index (χ0v) is 10.9. The van der Waals surface area contributed by atoms with Crippen molar-refractivity contribution < 1.29 is 23.5 Å². The molecule has 0 radical (unpaired) electrons. The van der Waals surface area contributed by atoms with Crippen molar-refractivity contribution in [3.63, 3.8) is 0 Å². The van der Waals surface area contributed by atoms with Crippen molar-refractivity contribution in [1.29, 1.82) is 0 Å². The van der Waals surface area contributed by atoms with Crippen LogP contribution in [-0.4, -0.2) is 17.0 Å². The van der Waals surface area contributed by atoms with Crippen LogP contribution in [-0.2, 0) is 4.79 Å². The summed E-state index contributed by atoms with van der Waals surface area (Å²) in [6.07, 6.45) is 0.131. The summed E-state index contributed by atoms with van der Waals surface area (Å²) in [7, 11) is 0. The highest BCUT2D eigenvalue weighted by molar-refractivity contribution is 5.94. The van der Waals surface area contributed by atoms with E-state index in [-0.39, 0.29) is 17.5 Å². The van der Waals surface area contributed by atoms with Gasteiger partial charge in [-0.3, -0.25) is 4.79 Å². The van der Waals surface area contributed by atoms with Gasteiger partial charge in [-0.15, -0.1) is 0 Å². The first-order chi connectivity index (χ1) is 8.60. The van der Waals surface area contributed by atoms with Gasteiger partial charge in [-0.1, -0.05) is 20.8 Å². The lowest BCUT2D eigenvalue weighted by Crippen LogP contribution is -2.20. The molecule has 0 saturated carbocycles. The number of halogens is 2. The van der Waals surface area contributed by atoms with E-state index in [2.05, 4.69) is 5.32 Å². The summed E-state index contributed by atoms with van der Waals surface area (Å²) in [5.41, 5.74) is -1.32. The number of carbonyl (C=O) groups is 2. The van der Waals surface area contributed by atoms with E-state index in [1.54, 1.807) is 0 Å². The zero-order valence-electron chi connectivity index (χ0n) is 10.9. The Morgan fingerprint density at radius 2 is 1.79 bits per heavy atom. The number of carbonyl (C=O) groups excluding carboxylic acids is 1. The van der Waals surface area contributed by atoms with Gasteiger partial charge in [0.2, 0.25) is 5.91 Å². The van der Waals surface area contributed by atoms with Crippen molar-refractivity contribution in [3.8, 4) is 0 Å². The Morgan fingerprint density at radius 3 is 2.26 bits per heavy atom. The summed E-state index contributed by atoms with van der Waals surface area (Å²) in [6.45, 7) is 5.49. The third-order valence-corrected chi connectivity index (χ3v) is 2.25. The Labute approximate surface area is 109 Å². The predicted octanol–water partition coefficient (Wildman–Crippen LogP) is 3.04. The summed E-state index contributed by atoms with van der Waals surface area (Å²) in [5.74, 6) is -4.18. The fourth-order valence-electron chi connectivity index (χ4n) is 1.48. The maximum absolute atomic E-state index is 13.4. The molecule has 0 fully saturated rings. The molecular weight excluding hydrogens is 256 g/mol. The van der Waals surface area contributed by atoms with Crippen LogP contribution in [0.5, 0.6) is 0 Å². The zero-order chi connectivity index (χ0) is 14.8. The topological polar surface area (TPSA) is 66.4 Å². The van der Waals surface area contributed by atoms with Crippen LogP contribution in [0.1, 0.15) is 37.6 Å². The number of aromatic carboxylic acids is 1. The Kier molecular flexibility index (Phi) is 4.24. The van der Waals surface area contributed by atoms with Crippen LogP contribution in [0.25, 0.3) is 0 Å². The average Bonchev–Trinajstić information content (AvgIpc) is 2.18. The fraction of sp³-hybridized carbons (Fsp3) is 0.385. The van der Waals surface area contributed by atoms with Crippen LogP contribution in [0, 0.1) is 17.0 Å². The molecule has 2 N–H and O–H groups in total. The number of rotatable bonds is 3. The van der Waals surface area contributed by atoms with Gasteiger partial charge in [0.25, 0.3) is 0 Å². The Balaban J connectivity index is 2.99. The second-order valence-corrected chi connectivity index (χ2v) is 5.40. The lowest BCUT2D eigenvalue weighted by atomic mass is 9.92. The van der Waals surface area contributed by atoms with Gasteiger partial charge in [0.1, 0.15) is 11.6 Å². The van der Waals surface area contributed by atoms with Gasteiger partial charge in [0.15, 0.2) is 0 Å². The summed E-state index contributed by atoms with van der Waals surface area (Å²) >= 11 is 0. The van der Waals surface area contributed by atoms with Crippen molar-refractivity contribution >= 4 is 17.6 Å². The van der Waals surface area contributed by atoms with E-state index in [1.807, 2.05) is 20.8 Å². The molecule has 0 aliphatic heterocycles. The number of carboxylic acid groups (broad SMARTS) is 1. The fourth-order valence-corrected chi connectivity index (χ4v) is 1.48. The summed E-state index contributed by atoms with van der Waals surface area (Å²) in [4.78, 5) is 22.4. The van der Waals surface area contributed by atoms with E-state index >= 15 is 0 Å². The first-order valence-electron chi connectivity index (χ1n) is 5.62. The number of carboxylic acids is 1. The van der Waals surface area contributed by atoms with Crippen LogP contribution in [0.3, 0.4) is 0 Å². The van der Waals surface area contributed by atoms with Crippen molar-refractivity contribution in [2.75, 3.05) is 5.32 Å². The standard InChI is InChI=1S/C13H15F2NO3/c1-13(2,3)6-11(17)16-10-4-7(12(18)19)8(14)5-9(10)15/h4-5H,6H2,1-3H3,(H,16,17)(H,18,19). The molecule has 0 spiro atoms. The highest BCUT2D eigenvalue weighted by Crippen LogP contribution is 2.23. The van der Waals surface area contributed by atoms with Crippen LogP contribution < -0.4 is 5.32 Å². The molecule has 4 nitrogen and oxygen atoms in total. The third kappa shape index (κ3) is 4.31. The minimum Gasteiger partial charge on any atom is -0.478 e. The number of amides is 1. The quantitative estimate of drug-likeness (QED) is 0.888. The van der Waals surface area contributed by atoms with Gasteiger partial charge in [0.05, 0.1) is 11.3 Å². The van der Waals surface area contributed by atoms with Gasteiger partial charge in [-0.2, -0.15) is 0 Å². The van der Waals surface area contributed by atoms with E-state index in [9.17, 15) is 18.4 Å². The first-order valence-corrected chi connectivity index (χ1v) is 5.62. The van der Waals surface area contributed by atoms with E-state index in [1.165, 1.54) is 0 Å². The van der Waals surface area contributed by atoms with Crippen molar-refractivity contribution in [3.05, 3.63) is 29.3 Å². The molecule has 1 aromatic carbocycles. The Bertz CT molecular complexity index is 521. The summed E-state index contributed by atoms with van der Waals surface area (Å²) in [5, 5.41) is 11.0. The number of hydrogen-bond acceptors (Lipinski definition) is 2. The molecule has 1 rings (SSSR count). The molecule has 0 unspecified atom stereocenters. The number of nitrogens with one attached hydrogen (secondary N) is 1. The van der Waals surface area contributed by atoms with E-state index < -0.39 is 29.1 Å². The lowest BCUT2D eigenvalue weighted by molar-refractivity contribution is -0.117. The molecular formula is C13H15F2NO3. The molecule has 0 aliphatic rings. The second-order valence-electron chi connectivity index (χ2n) is 5.40. The Morgan fingerprint density at radius 1 is 1.21 bits per heavy atom. The summed E-state index contributed by atoms with van der Waals surface area (Å²) < 4.78 is 26.6. The summed E-state index contributed by atoms with van der Waals surface area (Å²) in [6, 6.07) is 1.21. The smallest absolute Gasteiger partial charge is 0.338 e. The average molecular weight is 271 g/mol. The minimum absolute atomic E-state index is 0.131. The van der Waals surface area contributed by atoms with Crippen molar-refractivity contribution in [1.82, 2.24) is 0 Å². The van der Waals surface area contributed by atoms with Crippen LogP contribution in [0.2, 0.25) is 0 Å². The predicted molar refractivity (Wildman–Crippen MR) is 66.0 cm³/mol. The number of hydrogen-bond donors (Lipinski definition) is 2. The molecule has 104 valence electrons. The van der Waals surface area contributed by atoms with Crippen LogP contribution in [0.15, 0.2) is 12.1 Å². The highest BCUT2D eigenvalue weighted by atomic mass is 19.1. The second kappa shape index (κ2) is 5.34. The molecule has 1 amide bonds. The maximum atomic E-state index is 13.4. The van der Waals surface area contributed by atoms with E-state index in [4.69, 9.17) is 5.11 Å². The van der Waals surface area contributed by atoms with Gasteiger partial charge in [0, 0.05) is 12.5 Å². The van der Waals surface area contributed by atoms with Gasteiger partial charge < -0.3 is 10.4 Å². The molecule has 0 aliphatic carbocycles. The van der Waals surface area contributed by atoms with Gasteiger partial charge in [-0.05, 0) is 11.5 Å². The van der Waals surface area contributed by atoms with Crippen LogP contribution >= 0.6 is 0 Å². The molecule has 6 heteroatoms. The molecule has 0 aromatic heterocycles. The van der Waals surface area contributed by atoms with Crippen molar-refractivity contribution in [2.24, 2.45) is 5.41 Å². The molecule has 0 saturated heterocycles. The van der Waals surface area contributed by atoms with Gasteiger partial charge >= 0.3 is 5.97 Å². The van der Waals surface area contributed by atoms with Crippen molar-refractivity contribution in [2.45, 2.75) is 27.2 Å². The lowest BCUT2D eigenvalue weighted by Gasteiger charge is -2.17. The molecule has 1 aromatic rings. The van der Waals surface area contributed by atoms with E-state index in [0.717, 1.165) is 6.07 Å². The Hall–Kier alpha value is -1.98. The maximum Gasteiger partial charge on any atom is 0.338 e. The van der Waals surface area contributed by atoms with E-state index in [0.29, 0.717) is 6.07 Å². The third-order valence-electron chi connectivity index (χ3n) is 2.25. The highest BCUT2D eigenvalue weighted by Gasteiger charge is 2.19. The normalized spacial score (nSPS) is 11.2. The molecule has 0 heterocycles. The van der Waals surface area contributed by atoms with Crippen LogP contribution in [0.4, 0.5) is 14.5 Å². The molecule has 0 bridgehead atoms. The number of benzene rings is 1. The molecule has 0 atom stereocenters. The van der Waals surface area contributed by atoms with Gasteiger partial charge in [-0.25, -0.2) is 13.6 Å². The molecule has 19 heavy (non-hydrogen) atoms. The monoisotopic (exact) mass is 271 g/mol. The SMILES string of the molecule is CC(C)(C)CC(=O)Nc1cc(C(=O)O)c(F)cc1F. The first kappa shape index (κ1) is 15.1. The number of anilines is 1. The minimum atomic E-state index is -1.52.